The van der Waals surface area contributed by atoms with Crippen molar-refractivity contribution in [1.82, 2.24) is 0 Å². The fourth-order valence-corrected chi connectivity index (χ4v) is 2.51. The lowest BCUT2D eigenvalue weighted by Gasteiger charge is -2.18. The summed E-state index contributed by atoms with van der Waals surface area (Å²) in [7, 11) is 0. The van der Waals surface area contributed by atoms with E-state index in [-0.39, 0.29) is 5.82 Å². The van der Waals surface area contributed by atoms with Crippen LogP contribution in [0.4, 0.5) is 4.39 Å². The first-order valence-electron chi connectivity index (χ1n) is 6.47. The van der Waals surface area contributed by atoms with Crippen molar-refractivity contribution in [3.05, 3.63) is 63.4 Å². The third-order valence-electron chi connectivity index (χ3n) is 3.16. The Bertz CT molecular complexity index is 615. The summed E-state index contributed by atoms with van der Waals surface area (Å²) in [5, 5.41) is 0. The maximum atomic E-state index is 14.2. The molecule has 2 N–H and O–H groups in total. The van der Waals surface area contributed by atoms with E-state index >= 15 is 0 Å². The summed E-state index contributed by atoms with van der Waals surface area (Å²) < 4.78 is 20.7. The summed E-state index contributed by atoms with van der Waals surface area (Å²) in [4.78, 5) is 0. The predicted octanol–water partition coefficient (Wildman–Crippen LogP) is 4.34. The first-order chi connectivity index (χ1) is 9.54. The molecule has 0 heterocycles. The maximum Gasteiger partial charge on any atom is 0.131 e. The second kappa shape index (κ2) is 6.37. The molecule has 106 valence electrons. The van der Waals surface area contributed by atoms with E-state index in [1.165, 1.54) is 0 Å². The van der Waals surface area contributed by atoms with Crippen molar-refractivity contribution in [1.29, 1.82) is 0 Å². The van der Waals surface area contributed by atoms with Crippen LogP contribution in [0.15, 0.2) is 40.9 Å². The van der Waals surface area contributed by atoms with Crippen molar-refractivity contribution in [3.63, 3.8) is 0 Å². The van der Waals surface area contributed by atoms with Gasteiger partial charge in [-0.05, 0) is 37.6 Å². The van der Waals surface area contributed by atoms with Gasteiger partial charge in [-0.15, -0.1) is 0 Å². The van der Waals surface area contributed by atoms with Crippen molar-refractivity contribution in [2.75, 3.05) is 6.61 Å². The zero-order valence-electron chi connectivity index (χ0n) is 11.5. The van der Waals surface area contributed by atoms with Crippen LogP contribution in [0, 0.1) is 12.7 Å². The molecule has 2 aromatic rings. The molecule has 0 aliphatic carbocycles. The summed E-state index contributed by atoms with van der Waals surface area (Å²) in [5.74, 6) is 0.423. The van der Waals surface area contributed by atoms with Crippen LogP contribution < -0.4 is 10.5 Å². The summed E-state index contributed by atoms with van der Waals surface area (Å²) in [6, 6.07) is 10.3. The fraction of sp³-hybridized carbons (Fsp3) is 0.250. The molecule has 2 aromatic carbocycles. The van der Waals surface area contributed by atoms with Gasteiger partial charge >= 0.3 is 0 Å². The van der Waals surface area contributed by atoms with E-state index in [9.17, 15) is 4.39 Å². The standard InChI is InChI=1S/C16H17BrFNO/c1-3-20-14-8-7-11(17)9-13(14)16(19)12-6-4-5-10(2)15(12)18/h4-9,16H,3,19H2,1-2H3. The van der Waals surface area contributed by atoms with Gasteiger partial charge in [0.2, 0.25) is 0 Å². The van der Waals surface area contributed by atoms with Gasteiger partial charge in [0.15, 0.2) is 0 Å². The lowest BCUT2D eigenvalue weighted by Crippen LogP contribution is -2.15. The quantitative estimate of drug-likeness (QED) is 0.900. The molecule has 20 heavy (non-hydrogen) atoms. The van der Waals surface area contributed by atoms with Crippen LogP contribution in [0.5, 0.6) is 5.75 Å². The van der Waals surface area contributed by atoms with Crippen LogP contribution in [0.2, 0.25) is 0 Å². The molecule has 2 nitrogen and oxygen atoms in total. The molecule has 0 fully saturated rings. The number of ether oxygens (including phenoxy) is 1. The van der Waals surface area contributed by atoms with Crippen LogP contribution >= 0.6 is 15.9 Å². The molecule has 0 amide bonds. The molecule has 0 aliphatic heterocycles. The lowest BCUT2D eigenvalue weighted by atomic mass is 9.97. The van der Waals surface area contributed by atoms with Gasteiger partial charge in [0.05, 0.1) is 12.6 Å². The molecular weight excluding hydrogens is 321 g/mol. The predicted molar refractivity (Wildman–Crippen MR) is 82.5 cm³/mol. The number of aryl methyl sites for hydroxylation is 1. The number of benzene rings is 2. The zero-order valence-corrected chi connectivity index (χ0v) is 13.1. The third-order valence-corrected chi connectivity index (χ3v) is 3.66. The Kier molecular flexibility index (Phi) is 4.78. The van der Waals surface area contributed by atoms with Gasteiger partial charge in [-0.1, -0.05) is 34.1 Å². The van der Waals surface area contributed by atoms with E-state index in [0.717, 1.165) is 10.0 Å². The van der Waals surface area contributed by atoms with Gasteiger partial charge in [0.25, 0.3) is 0 Å². The average molecular weight is 338 g/mol. The normalized spacial score (nSPS) is 12.2. The Morgan fingerprint density at radius 1 is 1.25 bits per heavy atom. The zero-order chi connectivity index (χ0) is 14.7. The van der Waals surface area contributed by atoms with Gasteiger partial charge < -0.3 is 10.5 Å². The van der Waals surface area contributed by atoms with Gasteiger partial charge in [-0.3, -0.25) is 0 Å². The number of hydrogen-bond acceptors (Lipinski definition) is 2. The molecule has 2 rings (SSSR count). The minimum absolute atomic E-state index is 0.262. The largest absolute Gasteiger partial charge is 0.494 e. The molecule has 1 atom stereocenters. The number of rotatable bonds is 4. The molecule has 0 aromatic heterocycles. The van der Waals surface area contributed by atoms with Crippen molar-refractivity contribution < 1.29 is 9.13 Å². The lowest BCUT2D eigenvalue weighted by molar-refractivity contribution is 0.335. The van der Waals surface area contributed by atoms with E-state index in [0.29, 0.717) is 23.5 Å². The highest BCUT2D eigenvalue weighted by Gasteiger charge is 2.19. The Labute approximate surface area is 126 Å². The van der Waals surface area contributed by atoms with Crippen LogP contribution in [0.1, 0.15) is 29.7 Å². The number of hydrogen-bond donors (Lipinski definition) is 1. The van der Waals surface area contributed by atoms with Gasteiger partial charge in [0, 0.05) is 15.6 Å². The highest BCUT2D eigenvalue weighted by Crippen LogP contribution is 2.32. The van der Waals surface area contributed by atoms with Gasteiger partial charge in [-0.2, -0.15) is 0 Å². The number of nitrogens with two attached hydrogens (primary N) is 1. The Morgan fingerprint density at radius 2 is 2.00 bits per heavy atom. The summed E-state index contributed by atoms with van der Waals surface area (Å²) >= 11 is 3.42. The molecule has 0 saturated carbocycles. The van der Waals surface area contributed by atoms with Gasteiger partial charge in [0.1, 0.15) is 11.6 Å². The molecule has 1 unspecified atom stereocenters. The molecule has 0 saturated heterocycles. The maximum absolute atomic E-state index is 14.2. The third kappa shape index (κ3) is 3.02. The second-order valence-electron chi connectivity index (χ2n) is 4.57. The molecule has 0 radical (unpaired) electrons. The first-order valence-corrected chi connectivity index (χ1v) is 7.26. The minimum Gasteiger partial charge on any atom is -0.494 e. The van der Waals surface area contributed by atoms with E-state index in [1.807, 2.05) is 31.2 Å². The van der Waals surface area contributed by atoms with Crippen molar-refractivity contribution in [2.24, 2.45) is 5.73 Å². The van der Waals surface area contributed by atoms with Crippen LogP contribution in [-0.2, 0) is 0 Å². The van der Waals surface area contributed by atoms with Crippen LogP contribution in [0.3, 0.4) is 0 Å². The highest BCUT2D eigenvalue weighted by molar-refractivity contribution is 9.10. The fourth-order valence-electron chi connectivity index (χ4n) is 2.13. The van der Waals surface area contributed by atoms with E-state index in [1.54, 1.807) is 19.1 Å². The summed E-state index contributed by atoms with van der Waals surface area (Å²) in [6.45, 7) is 4.18. The van der Waals surface area contributed by atoms with Crippen molar-refractivity contribution in [3.8, 4) is 5.75 Å². The van der Waals surface area contributed by atoms with Crippen LogP contribution in [-0.4, -0.2) is 6.61 Å². The SMILES string of the molecule is CCOc1ccc(Br)cc1C(N)c1cccc(C)c1F. The van der Waals surface area contributed by atoms with Gasteiger partial charge in [-0.25, -0.2) is 4.39 Å². The molecule has 0 spiro atoms. The Hall–Kier alpha value is -1.39. The molecule has 0 bridgehead atoms. The highest BCUT2D eigenvalue weighted by atomic mass is 79.9. The van der Waals surface area contributed by atoms with E-state index in [2.05, 4.69) is 15.9 Å². The molecule has 4 heteroatoms. The first kappa shape index (κ1) is 15.0. The summed E-state index contributed by atoms with van der Waals surface area (Å²) in [5.41, 5.74) is 8.08. The molecule has 0 aliphatic rings. The Balaban J connectivity index is 2.49. The van der Waals surface area contributed by atoms with Crippen molar-refractivity contribution >= 4 is 15.9 Å². The van der Waals surface area contributed by atoms with E-state index < -0.39 is 6.04 Å². The van der Waals surface area contributed by atoms with Crippen LogP contribution in [0.25, 0.3) is 0 Å². The second-order valence-corrected chi connectivity index (χ2v) is 5.49. The summed E-state index contributed by atoms with van der Waals surface area (Å²) in [6.07, 6.45) is 0. The topological polar surface area (TPSA) is 35.2 Å². The number of halogens is 2. The molecular formula is C16H17BrFNO. The minimum atomic E-state index is -0.561. The Morgan fingerprint density at radius 3 is 2.70 bits per heavy atom. The average Bonchev–Trinajstić information content (AvgIpc) is 2.43. The monoisotopic (exact) mass is 337 g/mol. The smallest absolute Gasteiger partial charge is 0.131 e. The van der Waals surface area contributed by atoms with Crippen molar-refractivity contribution in [2.45, 2.75) is 19.9 Å². The van der Waals surface area contributed by atoms with E-state index in [4.69, 9.17) is 10.5 Å².